The maximum atomic E-state index is 12.1. The maximum absolute atomic E-state index is 12.1. The third-order valence-electron chi connectivity index (χ3n) is 3.93. The van der Waals surface area contributed by atoms with Crippen LogP contribution in [-0.2, 0) is 4.79 Å². The molecule has 0 aliphatic heterocycles. The van der Waals surface area contributed by atoms with Crippen LogP contribution in [0.4, 0.5) is 5.13 Å². The molecule has 1 amide bonds. The lowest BCUT2D eigenvalue weighted by atomic mass is 10.1. The fourth-order valence-corrected chi connectivity index (χ4v) is 3.32. The summed E-state index contributed by atoms with van der Waals surface area (Å²) in [4.78, 5) is 16.6. The maximum Gasteiger partial charge on any atom is 0.264 e. The number of anilines is 1. The predicted molar refractivity (Wildman–Crippen MR) is 111 cm³/mol. The Labute approximate surface area is 172 Å². The van der Waals surface area contributed by atoms with Gasteiger partial charge in [-0.3, -0.25) is 10.1 Å². The molecule has 0 saturated carbocycles. The second-order valence-electron chi connectivity index (χ2n) is 5.86. The molecule has 3 rings (SSSR count). The number of hydrogen-bond acceptors (Lipinski definition) is 6. The lowest BCUT2D eigenvalue weighted by Gasteiger charge is -2.08. The summed E-state index contributed by atoms with van der Waals surface area (Å²) in [5.41, 5.74) is 2.48. The van der Waals surface area contributed by atoms with Crippen LogP contribution in [0.2, 0.25) is 5.02 Å². The van der Waals surface area contributed by atoms with Crippen LogP contribution in [0.15, 0.2) is 41.8 Å². The fourth-order valence-electron chi connectivity index (χ4n) is 2.47. The first-order valence-corrected chi connectivity index (χ1v) is 9.62. The van der Waals surface area contributed by atoms with E-state index in [0.717, 1.165) is 16.8 Å². The minimum Gasteiger partial charge on any atom is -0.493 e. The Morgan fingerprint density at radius 3 is 2.64 bits per heavy atom. The number of halogens is 1. The second-order valence-corrected chi connectivity index (χ2v) is 7.12. The largest absolute Gasteiger partial charge is 0.493 e. The molecule has 2 aromatic carbocycles. The Hall–Kier alpha value is -2.77. The first kappa shape index (κ1) is 20.0. The van der Waals surface area contributed by atoms with Crippen LogP contribution in [0, 0.1) is 6.92 Å². The van der Waals surface area contributed by atoms with Crippen LogP contribution in [0.1, 0.15) is 5.56 Å². The van der Waals surface area contributed by atoms with Crippen molar-refractivity contribution in [2.75, 3.05) is 26.1 Å². The molecule has 0 saturated heterocycles. The summed E-state index contributed by atoms with van der Waals surface area (Å²) in [6.07, 6.45) is 0. The number of carbonyl (C=O) groups excluding carboxylic acids is 1. The molecule has 3 aromatic rings. The number of methoxy groups -OCH3 is 2. The lowest BCUT2D eigenvalue weighted by Crippen LogP contribution is -2.20. The average Bonchev–Trinajstić information content (AvgIpc) is 3.16. The van der Waals surface area contributed by atoms with Crippen molar-refractivity contribution in [1.82, 2.24) is 4.98 Å². The molecule has 0 bridgehead atoms. The molecule has 28 heavy (non-hydrogen) atoms. The van der Waals surface area contributed by atoms with Crippen LogP contribution < -0.4 is 19.5 Å². The Morgan fingerprint density at radius 2 is 1.93 bits per heavy atom. The zero-order valence-corrected chi connectivity index (χ0v) is 17.2. The van der Waals surface area contributed by atoms with E-state index in [1.807, 2.05) is 30.5 Å². The van der Waals surface area contributed by atoms with Gasteiger partial charge < -0.3 is 14.2 Å². The van der Waals surface area contributed by atoms with Crippen molar-refractivity contribution in [3.05, 3.63) is 52.4 Å². The number of nitrogens with one attached hydrogen (secondary N) is 1. The van der Waals surface area contributed by atoms with Crippen LogP contribution in [0.3, 0.4) is 0 Å². The van der Waals surface area contributed by atoms with Gasteiger partial charge in [0.2, 0.25) is 0 Å². The quantitative estimate of drug-likeness (QED) is 0.596. The number of hydrogen-bond donors (Lipinski definition) is 1. The number of rotatable bonds is 7. The van der Waals surface area contributed by atoms with E-state index >= 15 is 0 Å². The van der Waals surface area contributed by atoms with E-state index in [1.54, 1.807) is 32.4 Å². The standard InChI is InChI=1S/C20H19ClN2O4S/c1-12-8-14(5-6-15(12)21)27-10-19(24)23-20-22-16(11-28-20)13-4-7-17(25-2)18(9-13)26-3/h4-9,11H,10H2,1-3H3,(H,22,23,24). The first-order chi connectivity index (χ1) is 13.5. The number of carbonyl (C=O) groups is 1. The molecule has 1 N–H and O–H groups in total. The summed E-state index contributed by atoms with van der Waals surface area (Å²) < 4.78 is 16.1. The van der Waals surface area contributed by atoms with Crippen molar-refractivity contribution in [3.8, 4) is 28.5 Å². The van der Waals surface area contributed by atoms with Gasteiger partial charge in [0.15, 0.2) is 23.2 Å². The zero-order valence-electron chi connectivity index (χ0n) is 15.6. The predicted octanol–water partition coefficient (Wildman–Crippen LogP) is 4.81. The van der Waals surface area contributed by atoms with Crippen LogP contribution in [0.5, 0.6) is 17.2 Å². The van der Waals surface area contributed by atoms with Gasteiger partial charge in [0.25, 0.3) is 5.91 Å². The zero-order chi connectivity index (χ0) is 20.1. The molecule has 0 spiro atoms. The number of nitrogens with zero attached hydrogens (tertiary/aromatic N) is 1. The van der Waals surface area contributed by atoms with E-state index < -0.39 is 0 Å². The number of aryl methyl sites for hydroxylation is 1. The van der Waals surface area contributed by atoms with Crippen molar-refractivity contribution in [1.29, 1.82) is 0 Å². The fraction of sp³-hybridized carbons (Fsp3) is 0.200. The number of ether oxygens (including phenoxy) is 3. The Kier molecular flexibility index (Phi) is 6.38. The highest BCUT2D eigenvalue weighted by Gasteiger charge is 2.11. The molecular formula is C20H19ClN2O4S. The number of thiazole rings is 1. The van der Waals surface area contributed by atoms with Gasteiger partial charge in [0, 0.05) is 16.0 Å². The highest BCUT2D eigenvalue weighted by Crippen LogP contribution is 2.33. The van der Waals surface area contributed by atoms with Crippen LogP contribution in [0.25, 0.3) is 11.3 Å². The van der Waals surface area contributed by atoms with Gasteiger partial charge in [-0.25, -0.2) is 4.98 Å². The Balaban J connectivity index is 1.62. The summed E-state index contributed by atoms with van der Waals surface area (Å²) in [6.45, 7) is 1.76. The molecule has 8 heteroatoms. The number of benzene rings is 2. The molecule has 0 aliphatic rings. The highest BCUT2D eigenvalue weighted by molar-refractivity contribution is 7.14. The van der Waals surface area contributed by atoms with E-state index in [-0.39, 0.29) is 12.5 Å². The molecule has 6 nitrogen and oxygen atoms in total. The SMILES string of the molecule is COc1ccc(-c2csc(NC(=O)COc3ccc(Cl)c(C)c3)n2)cc1OC. The minimum atomic E-state index is -0.291. The van der Waals surface area contributed by atoms with E-state index in [1.165, 1.54) is 11.3 Å². The Morgan fingerprint density at radius 1 is 1.14 bits per heavy atom. The summed E-state index contributed by atoms with van der Waals surface area (Å²) in [6, 6.07) is 10.8. The van der Waals surface area contributed by atoms with E-state index in [9.17, 15) is 4.79 Å². The third-order valence-corrected chi connectivity index (χ3v) is 5.11. The molecule has 0 radical (unpaired) electrons. The Bertz CT molecular complexity index is 990. The average molecular weight is 419 g/mol. The molecular weight excluding hydrogens is 400 g/mol. The van der Waals surface area contributed by atoms with Gasteiger partial charge in [0.05, 0.1) is 19.9 Å². The van der Waals surface area contributed by atoms with Gasteiger partial charge in [-0.15, -0.1) is 11.3 Å². The number of aromatic nitrogens is 1. The normalized spacial score (nSPS) is 10.4. The van der Waals surface area contributed by atoms with Crippen molar-refractivity contribution in [2.45, 2.75) is 6.92 Å². The smallest absolute Gasteiger partial charge is 0.264 e. The first-order valence-electron chi connectivity index (χ1n) is 8.37. The van der Waals surface area contributed by atoms with Crippen LogP contribution >= 0.6 is 22.9 Å². The summed E-state index contributed by atoms with van der Waals surface area (Å²) in [7, 11) is 3.16. The van der Waals surface area contributed by atoms with Gasteiger partial charge in [-0.05, 0) is 48.9 Å². The van der Waals surface area contributed by atoms with Gasteiger partial charge in [-0.2, -0.15) is 0 Å². The van der Waals surface area contributed by atoms with Crippen molar-refractivity contribution < 1.29 is 19.0 Å². The molecule has 0 unspecified atom stereocenters. The van der Waals surface area contributed by atoms with E-state index in [0.29, 0.717) is 27.4 Å². The molecule has 1 aromatic heterocycles. The van der Waals surface area contributed by atoms with Gasteiger partial charge in [0.1, 0.15) is 5.75 Å². The summed E-state index contributed by atoms with van der Waals surface area (Å²) >= 11 is 7.32. The molecule has 0 atom stereocenters. The number of amides is 1. The van der Waals surface area contributed by atoms with Crippen molar-refractivity contribution in [3.63, 3.8) is 0 Å². The van der Waals surface area contributed by atoms with Gasteiger partial charge in [-0.1, -0.05) is 11.6 Å². The highest BCUT2D eigenvalue weighted by atomic mass is 35.5. The van der Waals surface area contributed by atoms with Crippen molar-refractivity contribution in [2.24, 2.45) is 0 Å². The van der Waals surface area contributed by atoms with Crippen molar-refractivity contribution >= 4 is 34.0 Å². The third kappa shape index (κ3) is 4.74. The molecule has 0 fully saturated rings. The van der Waals surface area contributed by atoms with Crippen LogP contribution in [-0.4, -0.2) is 31.7 Å². The molecule has 146 valence electrons. The molecule has 1 heterocycles. The lowest BCUT2D eigenvalue weighted by molar-refractivity contribution is -0.118. The second kappa shape index (κ2) is 8.95. The topological polar surface area (TPSA) is 69.7 Å². The minimum absolute atomic E-state index is 0.119. The molecule has 0 aliphatic carbocycles. The summed E-state index contributed by atoms with van der Waals surface area (Å²) in [5.74, 6) is 1.55. The van der Waals surface area contributed by atoms with E-state index in [2.05, 4.69) is 10.3 Å². The van der Waals surface area contributed by atoms with Gasteiger partial charge >= 0.3 is 0 Å². The monoisotopic (exact) mass is 418 g/mol. The van der Waals surface area contributed by atoms with E-state index in [4.69, 9.17) is 25.8 Å². The summed E-state index contributed by atoms with van der Waals surface area (Å²) in [5, 5.41) is 5.75.